The van der Waals surface area contributed by atoms with Crippen molar-refractivity contribution >= 4 is 39.1 Å². The van der Waals surface area contributed by atoms with Gasteiger partial charge in [0, 0.05) is 6.20 Å². The van der Waals surface area contributed by atoms with E-state index < -0.39 is 0 Å². The zero-order valence-electron chi connectivity index (χ0n) is 12.4. The summed E-state index contributed by atoms with van der Waals surface area (Å²) in [5.41, 5.74) is 1.58. The first-order chi connectivity index (χ1) is 11.7. The molecule has 0 spiro atoms. The maximum absolute atomic E-state index is 12.5. The summed E-state index contributed by atoms with van der Waals surface area (Å²) in [6, 6.07) is 6.96. The molecular weight excluding hydrogens is 328 g/mol. The molecule has 0 radical (unpaired) electrons. The van der Waals surface area contributed by atoms with Crippen LogP contribution in [0, 0.1) is 0 Å². The van der Waals surface area contributed by atoms with E-state index in [0.717, 1.165) is 15.2 Å². The van der Waals surface area contributed by atoms with Gasteiger partial charge in [-0.1, -0.05) is 6.07 Å². The number of nitrogens with one attached hydrogen (secondary N) is 2. The van der Waals surface area contributed by atoms with Crippen LogP contribution in [0.25, 0.3) is 10.2 Å². The number of fused-ring (bicyclic) bond motifs is 2. The number of rotatable bonds is 3. The van der Waals surface area contributed by atoms with Crippen LogP contribution in [-0.4, -0.2) is 28.4 Å². The molecule has 0 bridgehead atoms. The van der Waals surface area contributed by atoms with Crippen LogP contribution in [0.1, 0.15) is 15.4 Å². The third kappa shape index (κ3) is 2.67. The van der Waals surface area contributed by atoms with Gasteiger partial charge in [0.05, 0.1) is 34.2 Å². The third-order valence-electron chi connectivity index (χ3n) is 3.53. The molecule has 0 saturated carbocycles. The Bertz CT molecular complexity index is 920. The minimum absolute atomic E-state index is 0.0438. The SMILES string of the molecule is O=C1COc2cccc(C(=O)NCc3nc4cnccc4s3)c2N1. The Hall–Kier alpha value is -3.00. The average Bonchev–Trinajstić information content (AvgIpc) is 3.02. The predicted molar refractivity (Wildman–Crippen MR) is 89.2 cm³/mol. The Morgan fingerprint density at radius 1 is 1.38 bits per heavy atom. The van der Waals surface area contributed by atoms with Crippen molar-refractivity contribution in [2.45, 2.75) is 6.54 Å². The maximum atomic E-state index is 12.5. The van der Waals surface area contributed by atoms with E-state index in [0.29, 0.717) is 23.5 Å². The van der Waals surface area contributed by atoms with E-state index in [4.69, 9.17) is 4.74 Å². The molecular formula is C16H12N4O3S. The number of aromatic nitrogens is 2. The first kappa shape index (κ1) is 14.6. The van der Waals surface area contributed by atoms with Gasteiger partial charge in [-0.15, -0.1) is 11.3 Å². The summed E-state index contributed by atoms with van der Waals surface area (Å²) < 4.78 is 6.34. The summed E-state index contributed by atoms with van der Waals surface area (Å²) in [4.78, 5) is 32.4. The number of nitrogens with zero attached hydrogens (tertiary/aromatic N) is 2. The molecule has 3 aromatic rings. The van der Waals surface area contributed by atoms with Crippen LogP contribution in [0.2, 0.25) is 0 Å². The predicted octanol–water partition coefficient (Wildman–Crippen LogP) is 1.95. The van der Waals surface area contributed by atoms with Crippen LogP contribution in [0.4, 0.5) is 5.69 Å². The third-order valence-corrected chi connectivity index (χ3v) is 4.56. The van der Waals surface area contributed by atoms with Crippen molar-refractivity contribution in [3.63, 3.8) is 0 Å². The molecule has 1 aliphatic rings. The molecule has 8 heteroatoms. The second kappa shape index (κ2) is 5.89. The Morgan fingerprint density at radius 2 is 2.29 bits per heavy atom. The van der Waals surface area contributed by atoms with Crippen molar-refractivity contribution in [2.24, 2.45) is 0 Å². The maximum Gasteiger partial charge on any atom is 0.262 e. The van der Waals surface area contributed by atoms with Gasteiger partial charge < -0.3 is 15.4 Å². The van der Waals surface area contributed by atoms with Gasteiger partial charge >= 0.3 is 0 Å². The Morgan fingerprint density at radius 3 is 3.17 bits per heavy atom. The van der Waals surface area contributed by atoms with Crippen molar-refractivity contribution in [3.05, 3.63) is 47.2 Å². The van der Waals surface area contributed by atoms with E-state index >= 15 is 0 Å². The van der Waals surface area contributed by atoms with E-state index in [1.807, 2.05) is 6.07 Å². The molecule has 1 aliphatic heterocycles. The molecule has 4 rings (SSSR count). The van der Waals surface area contributed by atoms with Gasteiger partial charge in [0.15, 0.2) is 6.61 Å². The number of benzene rings is 1. The van der Waals surface area contributed by atoms with Gasteiger partial charge in [-0.25, -0.2) is 4.98 Å². The van der Waals surface area contributed by atoms with Crippen LogP contribution in [0.15, 0.2) is 36.7 Å². The van der Waals surface area contributed by atoms with E-state index in [9.17, 15) is 9.59 Å². The van der Waals surface area contributed by atoms with Crippen molar-refractivity contribution in [1.29, 1.82) is 0 Å². The lowest BCUT2D eigenvalue weighted by Gasteiger charge is -2.20. The Labute approximate surface area is 140 Å². The van der Waals surface area contributed by atoms with Gasteiger partial charge in [-0.05, 0) is 18.2 Å². The van der Waals surface area contributed by atoms with E-state index in [1.165, 1.54) is 11.3 Å². The van der Waals surface area contributed by atoms with Gasteiger partial charge in [0.1, 0.15) is 10.8 Å². The number of thiazole rings is 1. The van der Waals surface area contributed by atoms with Crippen LogP contribution < -0.4 is 15.4 Å². The van der Waals surface area contributed by atoms with E-state index in [1.54, 1.807) is 30.6 Å². The van der Waals surface area contributed by atoms with Gasteiger partial charge in [0.25, 0.3) is 11.8 Å². The molecule has 24 heavy (non-hydrogen) atoms. The molecule has 2 N–H and O–H groups in total. The monoisotopic (exact) mass is 340 g/mol. The summed E-state index contributed by atoms with van der Waals surface area (Å²) in [6.45, 7) is 0.258. The summed E-state index contributed by atoms with van der Waals surface area (Å²) in [6.07, 6.45) is 3.40. The number of ether oxygens (including phenoxy) is 1. The number of carbonyl (C=O) groups is 2. The van der Waals surface area contributed by atoms with Crippen molar-refractivity contribution in [2.75, 3.05) is 11.9 Å². The number of pyridine rings is 1. The molecule has 2 amide bonds. The zero-order chi connectivity index (χ0) is 16.5. The lowest BCUT2D eigenvalue weighted by atomic mass is 10.1. The van der Waals surface area contributed by atoms with Crippen molar-refractivity contribution < 1.29 is 14.3 Å². The number of hydrogen-bond acceptors (Lipinski definition) is 6. The standard InChI is InChI=1S/C16H12N4O3S/c21-13-8-23-11-3-1-2-9(15(11)20-13)16(22)18-7-14-19-10-6-17-5-4-12(10)24-14/h1-6H,7-8H2,(H,18,22)(H,20,21). The van der Waals surface area contributed by atoms with E-state index in [-0.39, 0.29) is 18.4 Å². The molecule has 0 atom stereocenters. The summed E-state index contributed by atoms with van der Waals surface area (Å²) in [5.74, 6) is -0.0789. The quantitative estimate of drug-likeness (QED) is 0.760. The molecule has 0 fully saturated rings. The first-order valence-electron chi connectivity index (χ1n) is 7.24. The largest absolute Gasteiger partial charge is 0.482 e. The highest BCUT2D eigenvalue weighted by atomic mass is 32.1. The fraction of sp³-hybridized carbons (Fsp3) is 0.125. The minimum atomic E-state index is -0.296. The molecule has 2 aromatic heterocycles. The number of carbonyl (C=O) groups excluding carboxylic acids is 2. The highest BCUT2D eigenvalue weighted by molar-refractivity contribution is 7.18. The smallest absolute Gasteiger partial charge is 0.262 e. The molecule has 1 aromatic carbocycles. The second-order valence-electron chi connectivity index (χ2n) is 5.15. The highest BCUT2D eigenvalue weighted by Gasteiger charge is 2.22. The molecule has 120 valence electrons. The van der Waals surface area contributed by atoms with Crippen LogP contribution >= 0.6 is 11.3 Å². The molecule has 0 unspecified atom stereocenters. The van der Waals surface area contributed by atoms with Crippen LogP contribution in [-0.2, 0) is 11.3 Å². The van der Waals surface area contributed by atoms with Crippen molar-refractivity contribution in [1.82, 2.24) is 15.3 Å². The van der Waals surface area contributed by atoms with Gasteiger partial charge in [0.2, 0.25) is 0 Å². The summed E-state index contributed by atoms with van der Waals surface area (Å²) >= 11 is 1.50. The van der Waals surface area contributed by atoms with Crippen molar-refractivity contribution in [3.8, 4) is 5.75 Å². The van der Waals surface area contributed by atoms with Crippen LogP contribution in [0.5, 0.6) is 5.75 Å². The number of hydrogen-bond donors (Lipinski definition) is 2. The molecule has 3 heterocycles. The summed E-state index contributed by atoms with van der Waals surface area (Å²) in [5, 5.41) is 6.29. The fourth-order valence-electron chi connectivity index (χ4n) is 2.44. The van der Waals surface area contributed by atoms with Gasteiger partial charge in [-0.3, -0.25) is 14.6 Å². The Balaban J connectivity index is 1.53. The normalized spacial score (nSPS) is 13.1. The average molecular weight is 340 g/mol. The van der Waals surface area contributed by atoms with Crippen LogP contribution in [0.3, 0.4) is 0 Å². The highest BCUT2D eigenvalue weighted by Crippen LogP contribution is 2.31. The fourth-order valence-corrected chi connectivity index (χ4v) is 3.32. The van der Waals surface area contributed by atoms with E-state index in [2.05, 4.69) is 20.6 Å². The summed E-state index contributed by atoms with van der Waals surface area (Å²) in [7, 11) is 0. The lowest BCUT2D eigenvalue weighted by Crippen LogP contribution is -2.29. The second-order valence-corrected chi connectivity index (χ2v) is 6.26. The number of para-hydroxylation sites is 1. The topological polar surface area (TPSA) is 93.2 Å². The zero-order valence-corrected chi connectivity index (χ0v) is 13.2. The number of amides is 2. The Kier molecular flexibility index (Phi) is 3.58. The molecule has 0 saturated heterocycles. The minimum Gasteiger partial charge on any atom is -0.482 e. The molecule has 7 nitrogen and oxygen atoms in total. The molecule has 0 aliphatic carbocycles. The number of anilines is 1. The lowest BCUT2D eigenvalue weighted by molar-refractivity contribution is -0.118. The van der Waals surface area contributed by atoms with Gasteiger partial charge in [-0.2, -0.15) is 0 Å². The first-order valence-corrected chi connectivity index (χ1v) is 8.05.